The quantitative estimate of drug-likeness (QED) is 0.847. The lowest BCUT2D eigenvalue weighted by atomic mass is 10.1. The number of aromatic amines is 1. The fourth-order valence-electron chi connectivity index (χ4n) is 3.12. The molecule has 1 heterocycles. The summed E-state index contributed by atoms with van der Waals surface area (Å²) in [7, 11) is 0. The summed E-state index contributed by atoms with van der Waals surface area (Å²) in [5.41, 5.74) is 4.05. The van der Waals surface area contributed by atoms with Gasteiger partial charge in [-0.1, -0.05) is 24.3 Å². The highest BCUT2D eigenvalue weighted by Crippen LogP contribution is 2.36. The molecule has 20 heavy (non-hydrogen) atoms. The third kappa shape index (κ3) is 2.76. The average Bonchev–Trinajstić information content (AvgIpc) is 3.12. The second-order valence-electron chi connectivity index (χ2n) is 5.38. The topological polar surface area (TPSA) is 52.1 Å². The molecule has 0 fully saturated rings. The van der Waals surface area contributed by atoms with Crippen LogP contribution >= 0.6 is 0 Å². The first-order chi connectivity index (χ1) is 9.88. The second kappa shape index (κ2) is 6.20. The van der Waals surface area contributed by atoms with Crippen LogP contribution in [0.25, 0.3) is 0 Å². The first-order valence-electron chi connectivity index (χ1n) is 7.29. The van der Waals surface area contributed by atoms with Crippen molar-refractivity contribution in [2.24, 2.45) is 0 Å². The first kappa shape index (κ1) is 13.3. The molecule has 0 amide bonds. The molecule has 0 bridgehead atoms. The van der Waals surface area contributed by atoms with Gasteiger partial charge in [-0.25, -0.2) is 0 Å². The summed E-state index contributed by atoms with van der Waals surface area (Å²) in [6, 6.07) is 11.2. The van der Waals surface area contributed by atoms with Crippen molar-refractivity contribution in [3.8, 4) is 0 Å². The Balaban J connectivity index is 1.79. The standard InChI is InChI=1S/C16H21N3O/c20-11-3-10-19(12-14-8-9-17-18-14)16-7-6-13-4-1-2-5-15(13)16/h1-2,4-5,8-9,16,20H,3,6-7,10-12H2,(H,17,18). The second-order valence-corrected chi connectivity index (χ2v) is 5.38. The van der Waals surface area contributed by atoms with Crippen LogP contribution < -0.4 is 0 Å². The van der Waals surface area contributed by atoms with E-state index in [1.807, 2.05) is 6.07 Å². The van der Waals surface area contributed by atoms with Gasteiger partial charge in [-0.05, 0) is 36.5 Å². The van der Waals surface area contributed by atoms with Crippen LogP contribution in [0.5, 0.6) is 0 Å². The molecular formula is C16H21N3O. The lowest BCUT2D eigenvalue weighted by Gasteiger charge is -2.29. The fraction of sp³-hybridized carbons (Fsp3) is 0.438. The van der Waals surface area contributed by atoms with E-state index >= 15 is 0 Å². The minimum Gasteiger partial charge on any atom is -0.396 e. The number of H-pyrrole nitrogens is 1. The number of rotatable bonds is 6. The van der Waals surface area contributed by atoms with E-state index in [-0.39, 0.29) is 6.61 Å². The highest BCUT2D eigenvalue weighted by Gasteiger charge is 2.27. The predicted molar refractivity (Wildman–Crippen MR) is 78.2 cm³/mol. The highest BCUT2D eigenvalue weighted by atomic mass is 16.3. The van der Waals surface area contributed by atoms with Crippen molar-refractivity contribution in [3.05, 3.63) is 53.3 Å². The third-order valence-electron chi connectivity index (χ3n) is 4.08. The summed E-state index contributed by atoms with van der Waals surface area (Å²) < 4.78 is 0. The first-order valence-corrected chi connectivity index (χ1v) is 7.29. The summed E-state index contributed by atoms with van der Waals surface area (Å²) in [4.78, 5) is 2.45. The molecule has 0 radical (unpaired) electrons. The number of aromatic nitrogens is 2. The molecule has 3 rings (SSSR count). The van der Waals surface area contributed by atoms with E-state index in [2.05, 4.69) is 39.4 Å². The summed E-state index contributed by atoms with van der Waals surface area (Å²) in [5, 5.41) is 16.2. The van der Waals surface area contributed by atoms with E-state index in [4.69, 9.17) is 5.11 Å². The van der Waals surface area contributed by atoms with E-state index < -0.39 is 0 Å². The zero-order valence-electron chi connectivity index (χ0n) is 11.6. The van der Waals surface area contributed by atoms with E-state index in [0.29, 0.717) is 6.04 Å². The molecule has 4 heteroatoms. The van der Waals surface area contributed by atoms with Gasteiger partial charge >= 0.3 is 0 Å². The number of nitrogens with one attached hydrogen (secondary N) is 1. The molecule has 0 saturated carbocycles. The number of aliphatic hydroxyl groups is 1. The van der Waals surface area contributed by atoms with Crippen molar-refractivity contribution in [1.82, 2.24) is 15.1 Å². The number of hydrogen-bond donors (Lipinski definition) is 2. The summed E-state index contributed by atoms with van der Waals surface area (Å²) in [6.07, 6.45) is 4.92. The van der Waals surface area contributed by atoms with Crippen LogP contribution in [0.3, 0.4) is 0 Å². The Labute approximate surface area is 119 Å². The number of aliphatic hydroxyl groups excluding tert-OH is 1. The maximum absolute atomic E-state index is 9.13. The third-order valence-corrected chi connectivity index (χ3v) is 4.08. The molecule has 2 aromatic rings. The minimum absolute atomic E-state index is 0.244. The van der Waals surface area contributed by atoms with Gasteiger partial charge in [0.05, 0.1) is 0 Å². The fourth-order valence-corrected chi connectivity index (χ4v) is 3.12. The minimum atomic E-state index is 0.244. The molecule has 1 atom stereocenters. The maximum Gasteiger partial charge on any atom is 0.0492 e. The molecule has 1 aromatic carbocycles. The van der Waals surface area contributed by atoms with Gasteiger partial charge in [0.1, 0.15) is 0 Å². The lowest BCUT2D eigenvalue weighted by Crippen LogP contribution is -2.29. The molecule has 1 aliphatic rings. The Morgan fingerprint density at radius 3 is 3.00 bits per heavy atom. The normalized spacial score (nSPS) is 17.6. The SMILES string of the molecule is OCCCN(Cc1ccn[nH]1)C1CCc2ccccc21. The van der Waals surface area contributed by atoms with Crippen molar-refractivity contribution >= 4 is 0 Å². The maximum atomic E-state index is 9.13. The van der Waals surface area contributed by atoms with E-state index in [0.717, 1.165) is 31.6 Å². The van der Waals surface area contributed by atoms with Crippen molar-refractivity contribution in [3.63, 3.8) is 0 Å². The molecule has 0 spiro atoms. The van der Waals surface area contributed by atoms with E-state index in [1.54, 1.807) is 6.20 Å². The molecule has 0 aliphatic heterocycles. The summed E-state index contributed by atoms with van der Waals surface area (Å²) in [6.45, 7) is 2.02. The zero-order chi connectivity index (χ0) is 13.8. The number of benzene rings is 1. The van der Waals surface area contributed by atoms with Gasteiger partial charge in [-0.15, -0.1) is 0 Å². The van der Waals surface area contributed by atoms with Crippen LogP contribution in [0, 0.1) is 0 Å². The number of hydrogen-bond acceptors (Lipinski definition) is 3. The van der Waals surface area contributed by atoms with Gasteiger partial charge in [0, 0.05) is 37.6 Å². The molecule has 1 aromatic heterocycles. The van der Waals surface area contributed by atoms with Gasteiger partial charge in [0.25, 0.3) is 0 Å². The Kier molecular flexibility index (Phi) is 4.14. The molecule has 2 N–H and O–H groups in total. The van der Waals surface area contributed by atoms with Crippen molar-refractivity contribution in [1.29, 1.82) is 0 Å². The van der Waals surface area contributed by atoms with Crippen molar-refractivity contribution in [2.75, 3.05) is 13.2 Å². The number of fused-ring (bicyclic) bond motifs is 1. The average molecular weight is 271 g/mol. The van der Waals surface area contributed by atoms with Gasteiger partial charge in [-0.2, -0.15) is 5.10 Å². The largest absolute Gasteiger partial charge is 0.396 e. The van der Waals surface area contributed by atoms with Gasteiger partial charge in [0.15, 0.2) is 0 Å². The molecule has 0 saturated heterocycles. The van der Waals surface area contributed by atoms with Gasteiger partial charge in [0.2, 0.25) is 0 Å². The van der Waals surface area contributed by atoms with Crippen LogP contribution in [0.4, 0.5) is 0 Å². The summed E-state index contributed by atoms with van der Waals surface area (Å²) in [5.74, 6) is 0. The number of aryl methyl sites for hydroxylation is 1. The smallest absolute Gasteiger partial charge is 0.0492 e. The number of nitrogens with zero attached hydrogens (tertiary/aromatic N) is 2. The lowest BCUT2D eigenvalue weighted by molar-refractivity contribution is 0.164. The highest BCUT2D eigenvalue weighted by molar-refractivity contribution is 5.34. The Bertz CT molecular complexity index is 538. The van der Waals surface area contributed by atoms with Crippen LogP contribution in [-0.4, -0.2) is 33.4 Å². The zero-order valence-corrected chi connectivity index (χ0v) is 11.6. The van der Waals surface area contributed by atoms with Crippen LogP contribution in [0.2, 0.25) is 0 Å². The Morgan fingerprint density at radius 1 is 1.30 bits per heavy atom. The van der Waals surface area contributed by atoms with Gasteiger partial charge in [-0.3, -0.25) is 10.00 Å². The molecule has 1 unspecified atom stereocenters. The van der Waals surface area contributed by atoms with E-state index in [9.17, 15) is 0 Å². The van der Waals surface area contributed by atoms with Crippen LogP contribution in [-0.2, 0) is 13.0 Å². The molecule has 106 valence electrons. The molecule has 1 aliphatic carbocycles. The Hall–Kier alpha value is -1.65. The van der Waals surface area contributed by atoms with Crippen LogP contribution in [0.1, 0.15) is 35.7 Å². The predicted octanol–water partition coefficient (Wildman–Crippen LogP) is 2.28. The van der Waals surface area contributed by atoms with Gasteiger partial charge < -0.3 is 5.11 Å². The van der Waals surface area contributed by atoms with E-state index in [1.165, 1.54) is 17.5 Å². The van der Waals surface area contributed by atoms with Crippen LogP contribution in [0.15, 0.2) is 36.5 Å². The van der Waals surface area contributed by atoms with Crippen molar-refractivity contribution < 1.29 is 5.11 Å². The summed E-state index contributed by atoms with van der Waals surface area (Å²) >= 11 is 0. The monoisotopic (exact) mass is 271 g/mol. The Morgan fingerprint density at radius 2 is 2.20 bits per heavy atom. The molecular weight excluding hydrogens is 250 g/mol. The van der Waals surface area contributed by atoms with Crippen molar-refractivity contribution in [2.45, 2.75) is 31.8 Å². The molecule has 4 nitrogen and oxygen atoms in total.